The summed E-state index contributed by atoms with van der Waals surface area (Å²) < 4.78 is 29.1. The van der Waals surface area contributed by atoms with Gasteiger partial charge in [0.25, 0.3) is 0 Å². The van der Waals surface area contributed by atoms with Gasteiger partial charge in [-0.25, -0.2) is 13.6 Å². The molecular weight excluding hydrogens is 290 g/mol. The lowest BCUT2D eigenvalue weighted by Gasteiger charge is -2.03. The van der Waals surface area contributed by atoms with Crippen molar-refractivity contribution in [2.75, 3.05) is 7.11 Å². The van der Waals surface area contributed by atoms with Crippen LogP contribution in [0.4, 0.5) is 0 Å². The zero-order chi connectivity index (χ0) is 14.2. The van der Waals surface area contributed by atoms with E-state index in [1.807, 2.05) is 0 Å². The van der Waals surface area contributed by atoms with Gasteiger partial charge in [0.15, 0.2) is 4.80 Å². The first kappa shape index (κ1) is 13.7. The largest absolute Gasteiger partial charge is 0.468 e. The summed E-state index contributed by atoms with van der Waals surface area (Å²) in [6, 6.07) is 4.26. The number of rotatable bonds is 3. The lowest BCUT2D eigenvalue weighted by atomic mass is 10.3. The molecule has 2 aromatic rings. The van der Waals surface area contributed by atoms with Crippen LogP contribution in [-0.2, 0) is 26.1 Å². The molecule has 1 aromatic heterocycles. The van der Waals surface area contributed by atoms with Crippen LogP contribution in [0, 0.1) is 5.41 Å². The molecule has 1 heterocycles. The number of primary sulfonamides is 1. The number of nitrogens with two attached hydrogens (primary N) is 1. The van der Waals surface area contributed by atoms with Crippen molar-refractivity contribution in [1.82, 2.24) is 4.57 Å². The minimum atomic E-state index is -3.78. The van der Waals surface area contributed by atoms with Gasteiger partial charge in [0.2, 0.25) is 10.0 Å². The zero-order valence-corrected chi connectivity index (χ0v) is 11.5. The summed E-state index contributed by atoms with van der Waals surface area (Å²) in [4.78, 5) is 11.4. The summed E-state index contributed by atoms with van der Waals surface area (Å²) in [5, 5.41) is 12.8. The molecule has 0 aliphatic carbocycles. The van der Waals surface area contributed by atoms with Crippen molar-refractivity contribution >= 4 is 37.5 Å². The van der Waals surface area contributed by atoms with Gasteiger partial charge in [0.05, 0.1) is 22.2 Å². The molecule has 102 valence electrons. The topological polar surface area (TPSA) is 115 Å². The summed E-state index contributed by atoms with van der Waals surface area (Å²) in [5.74, 6) is -0.478. The van der Waals surface area contributed by atoms with Crippen LogP contribution in [0.2, 0.25) is 0 Å². The van der Waals surface area contributed by atoms with E-state index in [2.05, 4.69) is 4.74 Å². The summed E-state index contributed by atoms with van der Waals surface area (Å²) in [7, 11) is -2.52. The molecule has 0 atom stereocenters. The normalized spacial score (nSPS) is 11.7. The average Bonchev–Trinajstić information content (AvgIpc) is 2.64. The van der Waals surface area contributed by atoms with Crippen molar-refractivity contribution in [2.24, 2.45) is 5.14 Å². The minimum absolute atomic E-state index is 0.0218. The fraction of sp³-hybridized carbons (Fsp3) is 0.200. The fourth-order valence-corrected chi connectivity index (χ4v) is 3.16. The number of hydrogen-bond acceptors (Lipinski definition) is 6. The number of methoxy groups -OCH3 is 1. The van der Waals surface area contributed by atoms with Gasteiger partial charge in [0.1, 0.15) is 6.54 Å². The van der Waals surface area contributed by atoms with Crippen LogP contribution < -0.4 is 9.94 Å². The van der Waals surface area contributed by atoms with Gasteiger partial charge < -0.3 is 9.30 Å². The average molecular weight is 301 g/mol. The Balaban J connectivity index is 2.61. The number of benzene rings is 1. The first-order chi connectivity index (χ1) is 8.82. The Bertz CT molecular complexity index is 804. The smallest absolute Gasteiger partial charge is 0.325 e. The molecular formula is C10H11N3O4S2. The molecule has 2 rings (SSSR count). The SMILES string of the molecule is COC(=O)Cn1c(=N)sc2cc(S(N)(=O)=O)ccc21. The van der Waals surface area contributed by atoms with E-state index in [1.165, 1.54) is 29.9 Å². The zero-order valence-electron chi connectivity index (χ0n) is 9.91. The van der Waals surface area contributed by atoms with E-state index in [0.717, 1.165) is 11.3 Å². The van der Waals surface area contributed by atoms with Crippen LogP contribution >= 0.6 is 11.3 Å². The van der Waals surface area contributed by atoms with Gasteiger partial charge >= 0.3 is 5.97 Å². The number of sulfonamides is 1. The van der Waals surface area contributed by atoms with Crippen molar-refractivity contribution in [3.63, 3.8) is 0 Å². The van der Waals surface area contributed by atoms with Gasteiger partial charge in [-0.1, -0.05) is 11.3 Å². The molecule has 19 heavy (non-hydrogen) atoms. The molecule has 0 aliphatic heterocycles. The van der Waals surface area contributed by atoms with Crippen molar-refractivity contribution in [2.45, 2.75) is 11.4 Å². The predicted octanol–water partition coefficient (Wildman–Crippen LogP) is 0.00267. The maximum absolute atomic E-state index is 11.3. The summed E-state index contributed by atoms with van der Waals surface area (Å²) in [6.45, 7) is -0.0932. The molecule has 0 bridgehead atoms. The van der Waals surface area contributed by atoms with E-state index in [9.17, 15) is 13.2 Å². The fourth-order valence-electron chi connectivity index (χ4n) is 1.60. The summed E-state index contributed by atoms with van der Waals surface area (Å²) in [5.41, 5.74) is 0.591. The van der Waals surface area contributed by atoms with Crippen LogP contribution in [0.3, 0.4) is 0 Å². The minimum Gasteiger partial charge on any atom is -0.468 e. The van der Waals surface area contributed by atoms with Crippen LogP contribution in [0.25, 0.3) is 10.2 Å². The Labute approximate surface area is 112 Å². The molecule has 7 nitrogen and oxygen atoms in total. The predicted molar refractivity (Wildman–Crippen MR) is 69.1 cm³/mol. The van der Waals surface area contributed by atoms with Gasteiger partial charge in [-0.15, -0.1) is 0 Å². The molecule has 3 N–H and O–H groups in total. The van der Waals surface area contributed by atoms with E-state index in [0.29, 0.717) is 10.2 Å². The maximum Gasteiger partial charge on any atom is 0.325 e. The lowest BCUT2D eigenvalue weighted by Crippen LogP contribution is -2.20. The van der Waals surface area contributed by atoms with E-state index >= 15 is 0 Å². The molecule has 0 spiro atoms. The molecule has 0 fully saturated rings. The second-order valence-corrected chi connectivity index (χ2v) is 6.34. The Morgan fingerprint density at radius 3 is 2.79 bits per heavy atom. The number of fused-ring (bicyclic) bond motifs is 1. The number of carbonyl (C=O) groups is 1. The quantitative estimate of drug-likeness (QED) is 0.776. The van der Waals surface area contributed by atoms with Crippen LogP contribution in [-0.4, -0.2) is 26.1 Å². The molecule has 0 aliphatic rings. The highest BCUT2D eigenvalue weighted by atomic mass is 32.2. The molecule has 0 unspecified atom stereocenters. The monoisotopic (exact) mass is 301 g/mol. The first-order valence-electron chi connectivity index (χ1n) is 5.10. The van der Waals surface area contributed by atoms with E-state index in [-0.39, 0.29) is 16.2 Å². The Hall–Kier alpha value is -1.71. The number of thiazole rings is 1. The van der Waals surface area contributed by atoms with Crippen LogP contribution in [0.1, 0.15) is 0 Å². The van der Waals surface area contributed by atoms with Crippen LogP contribution in [0.5, 0.6) is 0 Å². The third-order valence-electron chi connectivity index (χ3n) is 2.52. The third-order valence-corrected chi connectivity index (χ3v) is 4.39. The lowest BCUT2D eigenvalue weighted by molar-refractivity contribution is -0.141. The van der Waals surface area contributed by atoms with Crippen molar-refractivity contribution < 1.29 is 17.9 Å². The molecule has 0 radical (unpaired) electrons. The van der Waals surface area contributed by atoms with Gasteiger partial charge in [0, 0.05) is 0 Å². The van der Waals surface area contributed by atoms with Crippen LogP contribution in [0.15, 0.2) is 23.1 Å². The molecule has 1 aromatic carbocycles. The molecule has 0 saturated carbocycles. The van der Waals surface area contributed by atoms with Crippen molar-refractivity contribution in [3.8, 4) is 0 Å². The van der Waals surface area contributed by atoms with Gasteiger partial charge in [-0.2, -0.15) is 0 Å². The van der Waals surface area contributed by atoms with E-state index in [1.54, 1.807) is 0 Å². The highest BCUT2D eigenvalue weighted by Crippen LogP contribution is 2.21. The summed E-state index contributed by atoms with van der Waals surface area (Å²) >= 11 is 1.06. The number of ether oxygens (including phenoxy) is 1. The second-order valence-electron chi connectivity index (χ2n) is 3.74. The second kappa shape index (κ2) is 4.76. The Morgan fingerprint density at radius 1 is 1.53 bits per heavy atom. The molecule has 9 heteroatoms. The highest BCUT2D eigenvalue weighted by molar-refractivity contribution is 7.89. The Kier molecular flexibility index (Phi) is 3.43. The van der Waals surface area contributed by atoms with E-state index < -0.39 is 16.0 Å². The number of aromatic nitrogens is 1. The maximum atomic E-state index is 11.3. The van der Waals surface area contributed by atoms with Crippen molar-refractivity contribution in [3.05, 3.63) is 23.0 Å². The molecule has 0 amide bonds. The third kappa shape index (κ3) is 2.67. The van der Waals surface area contributed by atoms with Crippen molar-refractivity contribution in [1.29, 1.82) is 5.41 Å². The number of esters is 1. The number of carbonyl (C=O) groups excluding carboxylic acids is 1. The van der Waals surface area contributed by atoms with Gasteiger partial charge in [-0.3, -0.25) is 10.2 Å². The first-order valence-corrected chi connectivity index (χ1v) is 7.47. The van der Waals surface area contributed by atoms with Gasteiger partial charge in [-0.05, 0) is 18.2 Å². The summed E-state index contributed by atoms with van der Waals surface area (Å²) in [6.07, 6.45) is 0. The Morgan fingerprint density at radius 2 is 2.21 bits per heavy atom. The van der Waals surface area contributed by atoms with E-state index in [4.69, 9.17) is 10.5 Å². The standard InChI is InChI=1S/C10H11N3O4S2/c1-17-9(14)5-13-7-3-2-6(19(12,15)16)4-8(7)18-10(13)11/h2-4,11H,5H2,1H3,(H2,12,15,16). The number of hydrogen-bond donors (Lipinski definition) is 2. The number of nitrogens with one attached hydrogen (secondary N) is 1. The number of nitrogens with zero attached hydrogens (tertiary/aromatic N) is 1. The molecule has 0 saturated heterocycles. The highest BCUT2D eigenvalue weighted by Gasteiger charge is 2.13.